The van der Waals surface area contributed by atoms with Gasteiger partial charge in [-0.05, 0) is 42.8 Å². The van der Waals surface area contributed by atoms with Crippen molar-refractivity contribution in [1.82, 2.24) is 14.6 Å². The Labute approximate surface area is 147 Å². The van der Waals surface area contributed by atoms with Gasteiger partial charge in [-0.3, -0.25) is 4.79 Å². The van der Waals surface area contributed by atoms with Gasteiger partial charge in [0.05, 0.1) is 6.26 Å². The van der Waals surface area contributed by atoms with E-state index in [-0.39, 0.29) is 23.1 Å². The molecular formula is C18H13FN4O3. The molecule has 3 heterocycles. The van der Waals surface area contributed by atoms with Crippen molar-refractivity contribution in [3.63, 3.8) is 0 Å². The molecule has 4 rings (SSSR count). The number of hydrogen-bond donors (Lipinski definition) is 1. The number of aryl methyl sites for hydroxylation is 1. The molecule has 0 fully saturated rings. The van der Waals surface area contributed by atoms with Crippen LogP contribution in [0.3, 0.4) is 0 Å². The third kappa shape index (κ3) is 2.88. The molecule has 0 spiro atoms. The van der Waals surface area contributed by atoms with Crippen molar-refractivity contribution in [2.45, 2.75) is 6.92 Å². The Morgan fingerprint density at radius 2 is 2.19 bits per heavy atom. The summed E-state index contributed by atoms with van der Waals surface area (Å²) in [5.41, 5.74) is 1.84. The van der Waals surface area contributed by atoms with Crippen molar-refractivity contribution in [3.05, 3.63) is 72.3 Å². The zero-order chi connectivity index (χ0) is 18.1. The fourth-order valence-corrected chi connectivity index (χ4v) is 2.52. The lowest BCUT2D eigenvalue weighted by Crippen LogP contribution is -2.11. The number of nitrogens with one attached hydrogen (secondary N) is 1. The molecule has 0 aliphatic rings. The number of nitrogens with zero attached hydrogens (tertiary/aromatic N) is 3. The highest BCUT2D eigenvalue weighted by Gasteiger charge is 2.14. The molecule has 0 radical (unpaired) electrons. The first-order valence-corrected chi connectivity index (χ1v) is 7.73. The van der Waals surface area contributed by atoms with Crippen LogP contribution in [0.2, 0.25) is 0 Å². The van der Waals surface area contributed by atoms with E-state index in [4.69, 9.17) is 9.15 Å². The molecule has 1 aromatic carbocycles. The molecule has 1 N–H and O–H groups in total. The third-order valence-electron chi connectivity index (χ3n) is 3.76. The van der Waals surface area contributed by atoms with E-state index in [1.165, 1.54) is 36.9 Å². The molecule has 0 bridgehead atoms. The number of halogens is 1. The minimum atomic E-state index is -0.636. The van der Waals surface area contributed by atoms with E-state index in [0.717, 1.165) is 5.56 Å². The first kappa shape index (κ1) is 15.8. The number of aromatic nitrogens is 3. The minimum Gasteiger partial charge on any atom is -0.459 e. The lowest BCUT2D eigenvalue weighted by atomic mass is 10.2. The molecule has 130 valence electrons. The topological polar surface area (TPSA) is 81.7 Å². The number of fused-ring (bicyclic) bond motifs is 1. The highest BCUT2D eigenvalue weighted by molar-refractivity contribution is 6.02. The molecule has 0 saturated carbocycles. The fourth-order valence-electron chi connectivity index (χ4n) is 2.52. The Kier molecular flexibility index (Phi) is 3.85. The maximum atomic E-state index is 14.4. The first-order chi connectivity index (χ1) is 12.6. The van der Waals surface area contributed by atoms with E-state index in [2.05, 4.69) is 15.4 Å². The highest BCUT2D eigenvalue weighted by atomic mass is 19.1. The second-order valence-electron chi connectivity index (χ2n) is 5.54. The van der Waals surface area contributed by atoms with Gasteiger partial charge in [0.15, 0.2) is 17.3 Å². The molecule has 7 nitrogen and oxygen atoms in total. The van der Waals surface area contributed by atoms with Crippen molar-refractivity contribution in [3.8, 4) is 11.6 Å². The molecule has 1 amide bonds. The number of anilines is 1. The summed E-state index contributed by atoms with van der Waals surface area (Å²) < 4.78 is 26.6. The molecule has 0 saturated heterocycles. The Bertz CT molecular complexity index is 1090. The van der Waals surface area contributed by atoms with Gasteiger partial charge in [0.1, 0.15) is 11.8 Å². The van der Waals surface area contributed by atoms with E-state index < -0.39 is 11.7 Å². The molecular weight excluding hydrogens is 339 g/mol. The van der Waals surface area contributed by atoms with Crippen LogP contribution in [0, 0.1) is 12.7 Å². The Morgan fingerprint density at radius 1 is 1.31 bits per heavy atom. The van der Waals surface area contributed by atoms with Crippen molar-refractivity contribution in [2.75, 3.05) is 5.32 Å². The van der Waals surface area contributed by atoms with E-state index in [0.29, 0.717) is 5.52 Å². The van der Waals surface area contributed by atoms with Crippen LogP contribution in [0.15, 0.2) is 59.6 Å². The summed E-state index contributed by atoms with van der Waals surface area (Å²) in [6.45, 7) is 1.88. The van der Waals surface area contributed by atoms with Crippen LogP contribution in [0.4, 0.5) is 10.1 Å². The average molecular weight is 352 g/mol. The number of amides is 1. The maximum Gasteiger partial charge on any atom is 0.291 e. The number of ether oxygens (including phenoxy) is 1. The third-order valence-corrected chi connectivity index (χ3v) is 3.76. The van der Waals surface area contributed by atoms with Crippen molar-refractivity contribution in [1.29, 1.82) is 0 Å². The molecule has 4 aromatic rings. The summed E-state index contributed by atoms with van der Waals surface area (Å²) in [5.74, 6) is -0.735. The monoisotopic (exact) mass is 352 g/mol. The Hall–Kier alpha value is -3.68. The summed E-state index contributed by atoms with van der Waals surface area (Å²) in [5, 5.41) is 6.63. The van der Waals surface area contributed by atoms with Crippen LogP contribution in [0.25, 0.3) is 5.52 Å². The van der Waals surface area contributed by atoms with Crippen molar-refractivity contribution < 1.29 is 18.3 Å². The van der Waals surface area contributed by atoms with Gasteiger partial charge in [-0.1, -0.05) is 0 Å². The number of benzene rings is 1. The number of carbonyl (C=O) groups is 1. The second-order valence-corrected chi connectivity index (χ2v) is 5.54. The second kappa shape index (κ2) is 6.32. The standard InChI is InChI=1S/C18H13FN4O3/c1-11-6-7-23-16(11)18(20-10-21-23)26-14-5-4-12(9-13(14)19)22-17(24)15-3-2-8-25-15/h2-10H,1H3,(H,22,24). The van der Waals surface area contributed by atoms with Crippen molar-refractivity contribution in [2.24, 2.45) is 0 Å². The molecule has 8 heteroatoms. The molecule has 0 unspecified atom stereocenters. The number of furan rings is 1. The van der Waals surface area contributed by atoms with Gasteiger partial charge in [0, 0.05) is 18.0 Å². The molecule has 26 heavy (non-hydrogen) atoms. The number of hydrogen-bond acceptors (Lipinski definition) is 5. The normalized spacial score (nSPS) is 10.8. The van der Waals surface area contributed by atoms with Gasteiger partial charge in [-0.2, -0.15) is 10.1 Å². The van der Waals surface area contributed by atoms with E-state index in [9.17, 15) is 9.18 Å². The smallest absolute Gasteiger partial charge is 0.291 e. The lowest BCUT2D eigenvalue weighted by molar-refractivity contribution is 0.0996. The number of carbonyl (C=O) groups excluding carboxylic acids is 1. The minimum absolute atomic E-state index is 0.0119. The predicted molar refractivity (Wildman–Crippen MR) is 90.9 cm³/mol. The van der Waals surface area contributed by atoms with Gasteiger partial charge in [0.2, 0.25) is 5.88 Å². The molecule has 0 atom stereocenters. The SMILES string of the molecule is Cc1ccn2ncnc(Oc3ccc(NC(=O)c4ccco4)cc3F)c12. The summed E-state index contributed by atoms with van der Waals surface area (Å²) in [6.07, 6.45) is 4.49. The summed E-state index contributed by atoms with van der Waals surface area (Å²) in [6, 6.07) is 9.09. The fraction of sp³-hybridized carbons (Fsp3) is 0.0556. The van der Waals surface area contributed by atoms with Crippen LogP contribution in [0.5, 0.6) is 11.6 Å². The largest absolute Gasteiger partial charge is 0.459 e. The average Bonchev–Trinajstić information content (AvgIpc) is 3.28. The Morgan fingerprint density at radius 3 is 2.96 bits per heavy atom. The molecule has 0 aliphatic carbocycles. The van der Waals surface area contributed by atoms with Gasteiger partial charge < -0.3 is 14.5 Å². The van der Waals surface area contributed by atoms with Gasteiger partial charge >= 0.3 is 0 Å². The van der Waals surface area contributed by atoms with Gasteiger partial charge in [0.25, 0.3) is 5.91 Å². The summed E-state index contributed by atoms with van der Waals surface area (Å²) >= 11 is 0. The quantitative estimate of drug-likeness (QED) is 0.604. The van der Waals surface area contributed by atoms with Crippen LogP contribution >= 0.6 is 0 Å². The maximum absolute atomic E-state index is 14.4. The predicted octanol–water partition coefficient (Wildman–Crippen LogP) is 3.81. The molecule has 0 aliphatic heterocycles. The first-order valence-electron chi connectivity index (χ1n) is 7.73. The van der Waals surface area contributed by atoms with Crippen LogP contribution in [0.1, 0.15) is 16.1 Å². The van der Waals surface area contributed by atoms with Gasteiger partial charge in [-0.25, -0.2) is 8.91 Å². The zero-order valence-electron chi connectivity index (χ0n) is 13.6. The number of rotatable bonds is 4. The van der Waals surface area contributed by atoms with Crippen LogP contribution in [-0.2, 0) is 0 Å². The molecule has 3 aromatic heterocycles. The van der Waals surface area contributed by atoms with Crippen molar-refractivity contribution >= 4 is 17.1 Å². The lowest BCUT2D eigenvalue weighted by Gasteiger charge is -2.09. The zero-order valence-corrected chi connectivity index (χ0v) is 13.6. The van der Waals surface area contributed by atoms with E-state index in [1.807, 2.05) is 13.0 Å². The summed E-state index contributed by atoms with van der Waals surface area (Å²) in [7, 11) is 0. The highest BCUT2D eigenvalue weighted by Crippen LogP contribution is 2.29. The van der Waals surface area contributed by atoms with E-state index >= 15 is 0 Å². The van der Waals surface area contributed by atoms with E-state index in [1.54, 1.807) is 16.8 Å². The van der Waals surface area contributed by atoms with Crippen LogP contribution in [-0.4, -0.2) is 20.5 Å². The van der Waals surface area contributed by atoms with Crippen LogP contribution < -0.4 is 10.1 Å². The Balaban J connectivity index is 1.58. The summed E-state index contributed by atoms with van der Waals surface area (Å²) in [4.78, 5) is 16.0. The van der Waals surface area contributed by atoms with Gasteiger partial charge in [-0.15, -0.1) is 0 Å².